The van der Waals surface area contributed by atoms with Crippen LogP contribution in [0.15, 0.2) is 60.7 Å². The Morgan fingerprint density at radius 2 is 1.40 bits per heavy atom. The maximum Gasteiger partial charge on any atom is 0.227 e. The predicted octanol–water partition coefficient (Wildman–Crippen LogP) is 3.39. The molecule has 132 valence electrons. The van der Waals surface area contributed by atoms with Gasteiger partial charge >= 0.3 is 0 Å². The van der Waals surface area contributed by atoms with Gasteiger partial charge in [0.2, 0.25) is 5.91 Å². The van der Waals surface area contributed by atoms with Crippen LogP contribution in [0, 0.1) is 0 Å². The van der Waals surface area contributed by atoms with Crippen molar-refractivity contribution in [3.63, 3.8) is 0 Å². The first-order valence-corrected chi connectivity index (χ1v) is 9.25. The number of rotatable bonds is 5. The average molecular weight is 336 g/mol. The number of hydrogen-bond donors (Lipinski definition) is 0. The zero-order valence-corrected chi connectivity index (χ0v) is 15.3. The van der Waals surface area contributed by atoms with Crippen molar-refractivity contribution >= 4 is 5.91 Å². The summed E-state index contributed by atoms with van der Waals surface area (Å²) in [5.74, 6) is 0.243. The van der Waals surface area contributed by atoms with Crippen LogP contribution < -0.4 is 0 Å². The van der Waals surface area contributed by atoms with E-state index in [1.54, 1.807) is 0 Å². The summed E-state index contributed by atoms with van der Waals surface area (Å²) >= 11 is 0. The van der Waals surface area contributed by atoms with Crippen molar-refractivity contribution in [2.75, 3.05) is 19.6 Å². The van der Waals surface area contributed by atoms with Gasteiger partial charge in [0.05, 0.1) is 6.42 Å². The molecule has 2 aromatic rings. The molecule has 1 saturated heterocycles. The van der Waals surface area contributed by atoms with E-state index in [-0.39, 0.29) is 5.91 Å². The Balaban J connectivity index is 1.55. The third kappa shape index (κ3) is 4.70. The highest BCUT2D eigenvalue weighted by Crippen LogP contribution is 2.18. The maximum absolute atomic E-state index is 12.7. The molecule has 1 aliphatic heterocycles. The van der Waals surface area contributed by atoms with Gasteiger partial charge in [-0.05, 0) is 31.4 Å². The standard InChI is InChI=1S/C22H28N2O/c1-18-16-23(22(25)15-21-11-7-4-8-12-21)17-19(2)24(18)14-13-20-9-5-3-6-10-20/h3-12,18-19H,13-17H2,1-2H3. The van der Waals surface area contributed by atoms with Crippen molar-refractivity contribution < 1.29 is 4.79 Å². The Morgan fingerprint density at radius 1 is 0.880 bits per heavy atom. The van der Waals surface area contributed by atoms with E-state index in [1.807, 2.05) is 35.2 Å². The summed E-state index contributed by atoms with van der Waals surface area (Å²) in [7, 11) is 0. The topological polar surface area (TPSA) is 23.6 Å². The van der Waals surface area contributed by atoms with E-state index in [0.717, 1.165) is 31.6 Å². The number of benzene rings is 2. The van der Waals surface area contributed by atoms with Gasteiger partial charge in [-0.3, -0.25) is 9.69 Å². The van der Waals surface area contributed by atoms with E-state index in [9.17, 15) is 4.79 Å². The van der Waals surface area contributed by atoms with Crippen LogP contribution >= 0.6 is 0 Å². The van der Waals surface area contributed by atoms with Crippen molar-refractivity contribution in [3.05, 3.63) is 71.8 Å². The van der Waals surface area contributed by atoms with Gasteiger partial charge < -0.3 is 4.90 Å². The van der Waals surface area contributed by atoms with Gasteiger partial charge in [0.1, 0.15) is 0 Å². The third-order valence-corrected chi connectivity index (χ3v) is 5.15. The Labute approximate surface area is 151 Å². The summed E-state index contributed by atoms with van der Waals surface area (Å²) in [6.45, 7) is 7.18. The monoisotopic (exact) mass is 336 g/mol. The van der Waals surface area contributed by atoms with Gasteiger partial charge in [0, 0.05) is 31.7 Å². The molecule has 0 spiro atoms. The first kappa shape index (κ1) is 17.7. The molecule has 1 amide bonds. The number of carbonyl (C=O) groups is 1. The van der Waals surface area contributed by atoms with E-state index in [2.05, 4.69) is 49.1 Å². The van der Waals surface area contributed by atoms with Crippen LogP contribution in [0.1, 0.15) is 25.0 Å². The molecule has 3 nitrogen and oxygen atoms in total. The molecule has 0 aliphatic carbocycles. The highest BCUT2D eigenvalue weighted by molar-refractivity contribution is 5.79. The normalized spacial score (nSPS) is 21.3. The molecule has 0 aromatic heterocycles. The van der Waals surface area contributed by atoms with Crippen LogP contribution in [-0.2, 0) is 17.6 Å². The molecule has 0 radical (unpaired) electrons. The molecular weight excluding hydrogens is 308 g/mol. The van der Waals surface area contributed by atoms with Crippen molar-refractivity contribution in [1.82, 2.24) is 9.80 Å². The van der Waals surface area contributed by atoms with Crippen LogP contribution in [0.4, 0.5) is 0 Å². The Hall–Kier alpha value is -2.13. The lowest BCUT2D eigenvalue weighted by molar-refractivity contribution is -0.134. The van der Waals surface area contributed by atoms with Crippen LogP contribution in [0.5, 0.6) is 0 Å². The lowest BCUT2D eigenvalue weighted by Gasteiger charge is -2.44. The van der Waals surface area contributed by atoms with Gasteiger partial charge in [0.15, 0.2) is 0 Å². The predicted molar refractivity (Wildman–Crippen MR) is 103 cm³/mol. The minimum absolute atomic E-state index is 0.243. The molecule has 3 heteroatoms. The first-order valence-electron chi connectivity index (χ1n) is 9.25. The Kier molecular flexibility index (Phi) is 5.87. The van der Waals surface area contributed by atoms with Crippen molar-refractivity contribution in [2.24, 2.45) is 0 Å². The zero-order valence-electron chi connectivity index (χ0n) is 15.3. The summed E-state index contributed by atoms with van der Waals surface area (Å²) in [4.78, 5) is 17.2. The quantitative estimate of drug-likeness (QED) is 0.835. The smallest absolute Gasteiger partial charge is 0.227 e. The number of hydrogen-bond acceptors (Lipinski definition) is 2. The molecule has 0 saturated carbocycles. The van der Waals surface area contributed by atoms with Crippen LogP contribution in [0.2, 0.25) is 0 Å². The second-order valence-corrected chi connectivity index (χ2v) is 7.13. The Bertz CT molecular complexity index is 659. The van der Waals surface area contributed by atoms with E-state index in [1.165, 1.54) is 5.56 Å². The summed E-state index contributed by atoms with van der Waals surface area (Å²) in [6.07, 6.45) is 1.57. The fourth-order valence-electron chi connectivity index (χ4n) is 3.79. The molecule has 2 aromatic carbocycles. The fourth-order valence-corrected chi connectivity index (χ4v) is 3.79. The van der Waals surface area contributed by atoms with Crippen LogP contribution in [0.3, 0.4) is 0 Å². The molecule has 0 bridgehead atoms. The molecule has 25 heavy (non-hydrogen) atoms. The fraction of sp³-hybridized carbons (Fsp3) is 0.409. The number of nitrogens with zero attached hydrogens (tertiary/aromatic N) is 2. The molecule has 1 aliphatic rings. The lowest BCUT2D eigenvalue weighted by atomic mass is 10.0. The van der Waals surface area contributed by atoms with Gasteiger partial charge in [-0.15, -0.1) is 0 Å². The average Bonchev–Trinajstić information content (AvgIpc) is 2.62. The van der Waals surface area contributed by atoms with Gasteiger partial charge in [-0.1, -0.05) is 60.7 Å². The highest BCUT2D eigenvalue weighted by Gasteiger charge is 2.31. The number of carbonyl (C=O) groups excluding carboxylic acids is 1. The summed E-state index contributed by atoms with van der Waals surface area (Å²) in [5, 5.41) is 0. The molecule has 2 unspecified atom stereocenters. The minimum Gasteiger partial charge on any atom is -0.339 e. The summed E-state index contributed by atoms with van der Waals surface area (Å²) < 4.78 is 0. The van der Waals surface area contributed by atoms with Crippen molar-refractivity contribution in [3.8, 4) is 0 Å². The largest absolute Gasteiger partial charge is 0.339 e. The van der Waals surface area contributed by atoms with Crippen molar-refractivity contribution in [2.45, 2.75) is 38.8 Å². The Morgan fingerprint density at radius 3 is 1.96 bits per heavy atom. The second kappa shape index (κ2) is 8.30. The molecule has 1 heterocycles. The third-order valence-electron chi connectivity index (χ3n) is 5.15. The molecule has 3 rings (SSSR count). The molecular formula is C22H28N2O. The SMILES string of the molecule is CC1CN(C(=O)Cc2ccccc2)CC(C)N1CCc1ccccc1. The van der Waals surface area contributed by atoms with Gasteiger partial charge in [0.25, 0.3) is 0 Å². The summed E-state index contributed by atoms with van der Waals surface area (Å²) in [6, 6.07) is 21.5. The lowest BCUT2D eigenvalue weighted by Crippen LogP contribution is -2.58. The first-order chi connectivity index (χ1) is 12.1. The van der Waals surface area contributed by atoms with Crippen molar-refractivity contribution in [1.29, 1.82) is 0 Å². The summed E-state index contributed by atoms with van der Waals surface area (Å²) in [5.41, 5.74) is 2.48. The van der Waals surface area contributed by atoms with E-state index >= 15 is 0 Å². The second-order valence-electron chi connectivity index (χ2n) is 7.13. The highest BCUT2D eigenvalue weighted by atomic mass is 16.2. The maximum atomic E-state index is 12.7. The molecule has 1 fully saturated rings. The van der Waals surface area contributed by atoms with Gasteiger partial charge in [-0.25, -0.2) is 0 Å². The molecule has 0 N–H and O–H groups in total. The van der Waals surface area contributed by atoms with E-state index in [4.69, 9.17) is 0 Å². The zero-order chi connectivity index (χ0) is 17.6. The van der Waals surface area contributed by atoms with Crippen LogP contribution in [-0.4, -0.2) is 47.4 Å². The van der Waals surface area contributed by atoms with Crippen LogP contribution in [0.25, 0.3) is 0 Å². The van der Waals surface area contributed by atoms with E-state index in [0.29, 0.717) is 18.5 Å². The number of amides is 1. The van der Waals surface area contributed by atoms with Gasteiger partial charge in [-0.2, -0.15) is 0 Å². The molecule has 2 atom stereocenters. The number of piperazine rings is 1. The van der Waals surface area contributed by atoms with E-state index < -0.39 is 0 Å². The minimum atomic E-state index is 0.243.